The molecule has 0 saturated carbocycles. The molecule has 2 aromatic rings. The van der Waals surface area contributed by atoms with Crippen molar-refractivity contribution in [2.24, 2.45) is 0 Å². The lowest BCUT2D eigenvalue weighted by Gasteiger charge is -2.48. The van der Waals surface area contributed by atoms with Gasteiger partial charge < -0.3 is 20.6 Å². The highest BCUT2D eigenvalue weighted by atomic mass is 28.5. The topological polar surface area (TPSA) is 46.2 Å². The fraction of sp³-hybridized carbons (Fsp3) is 0.400. The molecule has 0 N–H and O–H groups in total. The Kier molecular flexibility index (Phi) is 6.67. The molecule has 164 valence electrons. The van der Waals surface area contributed by atoms with Gasteiger partial charge in [-0.3, -0.25) is 0 Å². The third-order valence-electron chi connectivity index (χ3n) is 4.85. The summed E-state index contributed by atoms with van der Waals surface area (Å²) in [5, 5.41) is 2.18. The summed E-state index contributed by atoms with van der Waals surface area (Å²) < 4.78 is 34.0. The van der Waals surface area contributed by atoms with E-state index in [1.165, 1.54) is 0 Å². The van der Waals surface area contributed by atoms with Gasteiger partial charge >= 0.3 is 42.8 Å². The van der Waals surface area contributed by atoms with Crippen LogP contribution >= 0.6 is 0 Å². The first-order valence-corrected chi connectivity index (χ1v) is 23.4. The van der Waals surface area contributed by atoms with Gasteiger partial charge in [-0.25, -0.2) is 0 Å². The van der Waals surface area contributed by atoms with E-state index in [9.17, 15) is 0 Å². The second-order valence-electron chi connectivity index (χ2n) is 9.33. The van der Waals surface area contributed by atoms with Gasteiger partial charge in [0.15, 0.2) is 0 Å². The molecule has 1 aliphatic rings. The number of hydrogen-bond donors (Lipinski definition) is 0. The smallest absolute Gasteiger partial charge is 0.351 e. The lowest BCUT2D eigenvalue weighted by atomic mass is 10.4. The maximum Gasteiger partial charge on any atom is 0.351 e. The standard InChI is InChI=1S/C20H34O5Si5/c1-26(2)21-27(3,4)23-29(7,19-15-11-9-12-16-19)25-30(8,24-28(5,6)22-26)20-17-13-10-14-18-20/h9-18H,1-8H3. The minimum atomic E-state index is -2.87. The van der Waals surface area contributed by atoms with Crippen LogP contribution in [-0.2, 0) is 20.6 Å². The van der Waals surface area contributed by atoms with E-state index < -0.39 is 42.8 Å². The van der Waals surface area contributed by atoms with E-state index in [1.807, 2.05) is 36.4 Å². The summed E-state index contributed by atoms with van der Waals surface area (Å²) >= 11 is 0. The minimum absolute atomic E-state index is 1.09. The molecule has 2 unspecified atom stereocenters. The zero-order valence-electron chi connectivity index (χ0n) is 19.3. The van der Waals surface area contributed by atoms with Crippen molar-refractivity contribution in [3.05, 3.63) is 60.7 Å². The van der Waals surface area contributed by atoms with Crippen LogP contribution in [0.15, 0.2) is 60.7 Å². The van der Waals surface area contributed by atoms with Crippen LogP contribution in [0, 0.1) is 0 Å². The summed E-state index contributed by atoms with van der Waals surface area (Å²) in [7, 11) is -13.3. The molecule has 1 heterocycles. The first-order chi connectivity index (χ1) is 13.7. The molecular formula is C20H34O5Si5. The van der Waals surface area contributed by atoms with Gasteiger partial charge in [-0.05, 0) is 62.7 Å². The molecule has 0 bridgehead atoms. The van der Waals surface area contributed by atoms with E-state index >= 15 is 0 Å². The van der Waals surface area contributed by atoms with Crippen LogP contribution in [0.4, 0.5) is 0 Å². The van der Waals surface area contributed by atoms with Gasteiger partial charge in [0.1, 0.15) is 0 Å². The number of rotatable bonds is 2. The van der Waals surface area contributed by atoms with Crippen LogP contribution in [0.2, 0.25) is 52.4 Å². The molecule has 1 saturated heterocycles. The van der Waals surface area contributed by atoms with Gasteiger partial charge in [-0.1, -0.05) is 60.7 Å². The normalized spacial score (nSPS) is 31.1. The van der Waals surface area contributed by atoms with Gasteiger partial charge in [-0.15, -0.1) is 0 Å². The molecule has 0 radical (unpaired) electrons. The zero-order valence-corrected chi connectivity index (χ0v) is 24.3. The molecule has 3 rings (SSSR count). The van der Waals surface area contributed by atoms with Crippen LogP contribution < -0.4 is 10.4 Å². The Hall–Kier alpha value is -0.676. The summed E-state index contributed by atoms with van der Waals surface area (Å²) in [5.74, 6) is 0. The van der Waals surface area contributed by atoms with Crippen molar-refractivity contribution in [1.29, 1.82) is 0 Å². The van der Waals surface area contributed by atoms with E-state index in [0.29, 0.717) is 0 Å². The lowest BCUT2D eigenvalue weighted by molar-refractivity contribution is 0.245. The summed E-state index contributed by atoms with van der Waals surface area (Å²) in [4.78, 5) is 0. The lowest BCUT2D eigenvalue weighted by Crippen LogP contribution is -2.71. The fourth-order valence-corrected chi connectivity index (χ4v) is 30.5. The van der Waals surface area contributed by atoms with Crippen molar-refractivity contribution in [1.82, 2.24) is 0 Å². The monoisotopic (exact) mass is 494 g/mol. The third kappa shape index (κ3) is 5.76. The summed E-state index contributed by atoms with van der Waals surface area (Å²) in [5.41, 5.74) is 0. The van der Waals surface area contributed by atoms with Crippen molar-refractivity contribution in [2.75, 3.05) is 0 Å². The predicted octanol–water partition coefficient (Wildman–Crippen LogP) is 4.15. The first-order valence-electron chi connectivity index (χ1n) is 10.4. The molecule has 1 fully saturated rings. The van der Waals surface area contributed by atoms with E-state index in [2.05, 4.69) is 76.6 Å². The number of hydrogen-bond acceptors (Lipinski definition) is 5. The Morgan fingerprint density at radius 3 is 1.03 bits per heavy atom. The van der Waals surface area contributed by atoms with Gasteiger partial charge in [0, 0.05) is 0 Å². The van der Waals surface area contributed by atoms with Crippen molar-refractivity contribution < 1.29 is 20.6 Å². The largest absolute Gasteiger partial charge is 0.416 e. The molecule has 0 aliphatic carbocycles. The van der Waals surface area contributed by atoms with Crippen LogP contribution in [0.5, 0.6) is 0 Å². The van der Waals surface area contributed by atoms with Crippen molar-refractivity contribution in [2.45, 2.75) is 52.4 Å². The van der Waals surface area contributed by atoms with Crippen LogP contribution in [0.25, 0.3) is 0 Å². The summed E-state index contributed by atoms with van der Waals surface area (Å²) in [6, 6.07) is 20.6. The van der Waals surface area contributed by atoms with Crippen molar-refractivity contribution >= 4 is 53.2 Å². The number of benzene rings is 2. The Bertz CT molecular complexity index is 795. The van der Waals surface area contributed by atoms with Crippen LogP contribution in [-0.4, -0.2) is 42.8 Å². The second-order valence-corrected chi connectivity index (χ2v) is 26.8. The first kappa shape index (κ1) is 24.0. The highest BCUT2D eigenvalue weighted by Gasteiger charge is 2.55. The Balaban J connectivity index is 2.18. The molecule has 10 heteroatoms. The van der Waals surface area contributed by atoms with Gasteiger partial charge in [0.2, 0.25) is 0 Å². The molecule has 0 spiro atoms. The Labute approximate surface area is 186 Å². The van der Waals surface area contributed by atoms with Gasteiger partial charge in [0.05, 0.1) is 0 Å². The molecule has 5 nitrogen and oxygen atoms in total. The highest BCUT2D eigenvalue weighted by molar-refractivity contribution is 7.00. The fourth-order valence-electron chi connectivity index (χ4n) is 4.32. The quantitative estimate of drug-likeness (QED) is 0.587. The molecular weight excluding hydrogens is 461 g/mol. The second kappa shape index (κ2) is 8.35. The van der Waals surface area contributed by atoms with Crippen LogP contribution in [0.3, 0.4) is 0 Å². The van der Waals surface area contributed by atoms with Crippen LogP contribution in [0.1, 0.15) is 0 Å². The summed E-state index contributed by atoms with van der Waals surface area (Å²) in [6.45, 7) is 16.8. The highest BCUT2D eigenvalue weighted by Crippen LogP contribution is 2.31. The molecule has 1 aliphatic heterocycles. The Morgan fingerprint density at radius 2 is 0.700 bits per heavy atom. The van der Waals surface area contributed by atoms with E-state index in [-0.39, 0.29) is 0 Å². The average molecular weight is 495 g/mol. The maximum absolute atomic E-state index is 7.07. The predicted molar refractivity (Wildman–Crippen MR) is 133 cm³/mol. The Morgan fingerprint density at radius 1 is 0.400 bits per heavy atom. The van der Waals surface area contributed by atoms with Gasteiger partial charge in [0.25, 0.3) is 0 Å². The molecule has 2 atom stereocenters. The zero-order chi connectivity index (χ0) is 22.3. The average Bonchev–Trinajstić information content (AvgIpc) is 2.59. The van der Waals surface area contributed by atoms with Gasteiger partial charge in [-0.2, -0.15) is 0 Å². The summed E-state index contributed by atoms with van der Waals surface area (Å²) in [6.07, 6.45) is 0. The van der Waals surface area contributed by atoms with E-state index in [4.69, 9.17) is 20.6 Å². The third-order valence-corrected chi connectivity index (χ3v) is 25.6. The molecule has 0 amide bonds. The molecule has 0 aromatic heterocycles. The minimum Gasteiger partial charge on any atom is -0.416 e. The van der Waals surface area contributed by atoms with E-state index in [1.54, 1.807) is 0 Å². The van der Waals surface area contributed by atoms with Crippen molar-refractivity contribution in [3.8, 4) is 0 Å². The molecule has 30 heavy (non-hydrogen) atoms. The van der Waals surface area contributed by atoms with Crippen molar-refractivity contribution in [3.63, 3.8) is 0 Å². The maximum atomic E-state index is 7.07. The SMILES string of the molecule is C[Si]1(C)O[Si](C)(C)O[Si](C)(c2ccccc2)O[Si](C)(c2ccccc2)O[Si](C)(C)O1. The van der Waals surface area contributed by atoms with E-state index in [0.717, 1.165) is 10.4 Å². The molecule has 2 aromatic carbocycles.